The van der Waals surface area contributed by atoms with Crippen molar-refractivity contribution in [3.05, 3.63) is 74.9 Å². The Morgan fingerprint density at radius 3 is 2.27 bits per heavy atom. The largest absolute Gasteiger partial charge is 0.351 e. The molecule has 0 aliphatic heterocycles. The Morgan fingerprint density at radius 2 is 1.70 bits per heavy atom. The van der Waals surface area contributed by atoms with Crippen molar-refractivity contribution in [3.8, 4) is 22.5 Å². The van der Waals surface area contributed by atoms with Crippen molar-refractivity contribution in [1.29, 1.82) is 0 Å². The van der Waals surface area contributed by atoms with Crippen LogP contribution in [0.15, 0.2) is 47.3 Å². The number of hydrogen-bond acceptors (Lipinski definition) is 3. The van der Waals surface area contributed by atoms with E-state index < -0.39 is 16.9 Å². The fraction of sp³-hybridized carbons (Fsp3) is 0.346. The lowest BCUT2D eigenvalue weighted by molar-refractivity contribution is -0.128. The summed E-state index contributed by atoms with van der Waals surface area (Å²) in [5.41, 5.74) is 1.63. The molecule has 0 aliphatic rings. The highest BCUT2D eigenvalue weighted by atomic mass is 35.5. The summed E-state index contributed by atoms with van der Waals surface area (Å²) < 4.78 is 15.4. The molecule has 1 aromatic heterocycles. The van der Waals surface area contributed by atoms with Crippen LogP contribution in [0.3, 0.4) is 0 Å². The number of nitrogens with one attached hydrogen (secondary N) is 2. The van der Waals surface area contributed by atoms with Crippen molar-refractivity contribution in [3.63, 3.8) is 0 Å². The molecule has 0 saturated carbocycles. The fourth-order valence-corrected chi connectivity index (χ4v) is 3.55. The van der Waals surface area contributed by atoms with Gasteiger partial charge in [-0.1, -0.05) is 83.5 Å². The van der Waals surface area contributed by atoms with Gasteiger partial charge in [-0.2, -0.15) is 4.98 Å². The number of aromatic amines is 1. The van der Waals surface area contributed by atoms with E-state index in [4.69, 9.17) is 11.6 Å². The van der Waals surface area contributed by atoms with Crippen molar-refractivity contribution in [2.24, 2.45) is 5.41 Å². The molecule has 0 saturated heterocycles. The lowest BCUT2D eigenvalue weighted by atomic mass is 9.86. The standard InChI is InChI=1S/C26H29ClFN3O2/c1-25(2,3)17-10-7-15(8-11-17)19-13-20(31-24(33)30-19)21-18(27)12-9-16(22(21)28)14-29-23(32)26(4,5)6/h7-13H,14H2,1-6H3,(H,29,32)(H,30,31,33). The van der Waals surface area contributed by atoms with Crippen LogP contribution >= 0.6 is 11.6 Å². The maximum Gasteiger partial charge on any atom is 0.345 e. The van der Waals surface area contributed by atoms with E-state index in [1.165, 1.54) is 6.07 Å². The number of rotatable bonds is 4. The summed E-state index contributed by atoms with van der Waals surface area (Å²) in [6.45, 7) is 11.7. The number of aromatic nitrogens is 2. The topological polar surface area (TPSA) is 74.8 Å². The predicted molar refractivity (Wildman–Crippen MR) is 131 cm³/mol. The van der Waals surface area contributed by atoms with Gasteiger partial charge in [0.05, 0.1) is 22.0 Å². The molecule has 0 fully saturated rings. The smallest absolute Gasteiger partial charge is 0.345 e. The average molecular weight is 470 g/mol. The lowest BCUT2D eigenvalue weighted by Gasteiger charge is -2.19. The predicted octanol–water partition coefficient (Wildman–Crippen LogP) is 5.86. The van der Waals surface area contributed by atoms with Crippen LogP contribution in [0.5, 0.6) is 0 Å². The van der Waals surface area contributed by atoms with Crippen LogP contribution in [0.1, 0.15) is 52.7 Å². The minimum Gasteiger partial charge on any atom is -0.351 e. The number of carbonyl (C=O) groups is 1. The summed E-state index contributed by atoms with van der Waals surface area (Å²) >= 11 is 6.32. The molecule has 2 N–H and O–H groups in total. The number of H-pyrrole nitrogens is 1. The highest BCUT2D eigenvalue weighted by molar-refractivity contribution is 6.33. The summed E-state index contributed by atoms with van der Waals surface area (Å²) in [5, 5.41) is 2.89. The molecular weight excluding hydrogens is 441 g/mol. The molecule has 2 aromatic carbocycles. The molecule has 0 aliphatic carbocycles. The third-order valence-corrected chi connectivity index (χ3v) is 5.67. The average Bonchev–Trinajstić information content (AvgIpc) is 2.71. The Morgan fingerprint density at radius 1 is 1.06 bits per heavy atom. The molecule has 3 rings (SSSR count). The molecule has 174 valence electrons. The summed E-state index contributed by atoms with van der Waals surface area (Å²) in [5.74, 6) is -0.802. The first-order valence-electron chi connectivity index (χ1n) is 10.7. The Hall–Kier alpha value is -2.99. The van der Waals surface area contributed by atoms with Gasteiger partial charge < -0.3 is 10.3 Å². The molecule has 5 nitrogen and oxygen atoms in total. The van der Waals surface area contributed by atoms with Crippen LogP contribution in [-0.2, 0) is 16.8 Å². The van der Waals surface area contributed by atoms with E-state index in [1.54, 1.807) is 32.9 Å². The zero-order chi connectivity index (χ0) is 24.6. The van der Waals surface area contributed by atoms with Gasteiger partial charge in [0.15, 0.2) is 0 Å². The van der Waals surface area contributed by atoms with Crippen LogP contribution in [0, 0.1) is 11.2 Å². The van der Waals surface area contributed by atoms with E-state index in [0.29, 0.717) is 5.69 Å². The summed E-state index contributed by atoms with van der Waals surface area (Å²) in [6, 6.07) is 12.4. The fourth-order valence-electron chi connectivity index (χ4n) is 3.30. The van der Waals surface area contributed by atoms with Crippen LogP contribution < -0.4 is 11.0 Å². The number of nitrogens with zero attached hydrogens (tertiary/aromatic N) is 1. The molecule has 1 amide bonds. The first kappa shape index (κ1) is 24.6. The molecule has 33 heavy (non-hydrogen) atoms. The van der Waals surface area contributed by atoms with Gasteiger partial charge in [-0.25, -0.2) is 9.18 Å². The zero-order valence-electron chi connectivity index (χ0n) is 19.8. The Labute approximate surface area is 198 Å². The molecular formula is C26H29ClFN3O2. The van der Waals surface area contributed by atoms with Gasteiger partial charge >= 0.3 is 5.69 Å². The second-order valence-electron chi connectivity index (χ2n) is 10.1. The number of carbonyl (C=O) groups excluding carboxylic acids is 1. The first-order valence-corrected chi connectivity index (χ1v) is 11.1. The SMILES string of the molecule is CC(C)(C)C(=O)NCc1ccc(Cl)c(-c2cc(-c3ccc(C(C)(C)C)cc3)nc(=O)[nH]2)c1F. The quantitative estimate of drug-likeness (QED) is 0.502. The van der Waals surface area contributed by atoms with Crippen molar-refractivity contribution < 1.29 is 9.18 Å². The van der Waals surface area contributed by atoms with Gasteiger partial charge in [0.25, 0.3) is 0 Å². The van der Waals surface area contributed by atoms with Gasteiger partial charge in [-0.3, -0.25) is 4.79 Å². The van der Waals surface area contributed by atoms with E-state index >= 15 is 4.39 Å². The Balaban J connectivity index is 2.01. The summed E-state index contributed by atoms with van der Waals surface area (Å²) in [7, 11) is 0. The minimum atomic E-state index is -0.607. The Bertz CT molecular complexity index is 1240. The van der Waals surface area contributed by atoms with Crippen molar-refractivity contribution in [1.82, 2.24) is 15.3 Å². The molecule has 1 heterocycles. The van der Waals surface area contributed by atoms with Crippen molar-refractivity contribution >= 4 is 17.5 Å². The number of hydrogen-bond donors (Lipinski definition) is 2. The van der Waals surface area contributed by atoms with Gasteiger partial charge in [0.1, 0.15) is 5.82 Å². The van der Waals surface area contributed by atoms with Crippen LogP contribution in [0.25, 0.3) is 22.5 Å². The molecule has 0 atom stereocenters. The van der Waals surface area contributed by atoms with E-state index in [2.05, 4.69) is 36.1 Å². The third kappa shape index (κ3) is 5.69. The van der Waals surface area contributed by atoms with Gasteiger partial charge in [-0.15, -0.1) is 0 Å². The van der Waals surface area contributed by atoms with E-state index in [-0.39, 0.29) is 39.7 Å². The van der Waals surface area contributed by atoms with Gasteiger partial charge in [0, 0.05) is 23.1 Å². The highest BCUT2D eigenvalue weighted by Crippen LogP contribution is 2.33. The van der Waals surface area contributed by atoms with Crippen LogP contribution in [0.4, 0.5) is 4.39 Å². The van der Waals surface area contributed by atoms with Crippen molar-refractivity contribution in [2.75, 3.05) is 0 Å². The lowest BCUT2D eigenvalue weighted by Crippen LogP contribution is -2.34. The van der Waals surface area contributed by atoms with Crippen molar-refractivity contribution in [2.45, 2.75) is 53.5 Å². The molecule has 0 bridgehead atoms. The second-order valence-corrected chi connectivity index (χ2v) is 10.5. The zero-order valence-corrected chi connectivity index (χ0v) is 20.5. The number of amides is 1. The van der Waals surface area contributed by atoms with Crippen LogP contribution in [0.2, 0.25) is 5.02 Å². The minimum absolute atomic E-state index is 0.00252. The first-order chi connectivity index (χ1) is 15.3. The molecule has 0 radical (unpaired) electrons. The second kappa shape index (κ2) is 9.10. The molecule has 3 aromatic rings. The van der Waals surface area contributed by atoms with Gasteiger partial charge in [0.2, 0.25) is 5.91 Å². The van der Waals surface area contributed by atoms with Gasteiger partial charge in [-0.05, 0) is 23.1 Å². The summed E-state index contributed by atoms with van der Waals surface area (Å²) in [6.07, 6.45) is 0. The van der Waals surface area contributed by atoms with Crippen LogP contribution in [-0.4, -0.2) is 15.9 Å². The van der Waals surface area contributed by atoms with E-state index in [0.717, 1.165) is 11.1 Å². The Kier molecular flexibility index (Phi) is 6.80. The molecule has 7 heteroatoms. The number of benzene rings is 2. The monoisotopic (exact) mass is 469 g/mol. The molecule has 0 spiro atoms. The summed E-state index contributed by atoms with van der Waals surface area (Å²) in [4.78, 5) is 31.2. The highest BCUT2D eigenvalue weighted by Gasteiger charge is 2.22. The van der Waals surface area contributed by atoms with E-state index in [1.807, 2.05) is 24.3 Å². The number of halogens is 2. The molecule has 0 unspecified atom stereocenters. The maximum absolute atomic E-state index is 15.4. The normalized spacial score (nSPS) is 12.0. The van der Waals surface area contributed by atoms with E-state index in [9.17, 15) is 9.59 Å². The third-order valence-electron chi connectivity index (χ3n) is 5.35. The maximum atomic E-state index is 15.4.